The molecule has 0 aliphatic rings. The van der Waals surface area contributed by atoms with Crippen molar-refractivity contribution in [3.05, 3.63) is 77.3 Å². The number of halogens is 1. The molecule has 0 saturated heterocycles. The highest BCUT2D eigenvalue weighted by atomic mass is 35.5. The summed E-state index contributed by atoms with van der Waals surface area (Å²) >= 11 is 5.97. The summed E-state index contributed by atoms with van der Waals surface area (Å²) in [6.45, 7) is 1.95. The normalized spacial score (nSPS) is 10.3. The van der Waals surface area contributed by atoms with E-state index in [-0.39, 0.29) is 12.5 Å². The lowest BCUT2D eigenvalue weighted by molar-refractivity contribution is -0.118. The largest absolute Gasteiger partial charge is 0.495 e. The van der Waals surface area contributed by atoms with Gasteiger partial charge in [-0.25, -0.2) is 0 Å². The molecular formula is C22H20ClNO3. The smallest absolute Gasteiger partial charge is 0.262 e. The first kappa shape index (κ1) is 18.8. The van der Waals surface area contributed by atoms with Gasteiger partial charge in [0.1, 0.15) is 11.5 Å². The highest BCUT2D eigenvalue weighted by molar-refractivity contribution is 6.31. The van der Waals surface area contributed by atoms with Crippen molar-refractivity contribution in [1.82, 2.24) is 0 Å². The van der Waals surface area contributed by atoms with Crippen molar-refractivity contribution < 1.29 is 14.3 Å². The maximum atomic E-state index is 12.2. The molecule has 0 unspecified atom stereocenters. The standard InChI is InChI=1S/C22H20ClNO3/c1-15-3-5-16(6-4-15)17-7-10-19(11-8-17)27-14-22(25)24-20-13-18(23)9-12-21(20)26-2/h3-13H,14H2,1-2H3,(H,24,25). The van der Waals surface area contributed by atoms with Crippen molar-refractivity contribution in [2.75, 3.05) is 19.0 Å². The predicted molar refractivity (Wildman–Crippen MR) is 109 cm³/mol. The van der Waals surface area contributed by atoms with E-state index in [0.29, 0.717) is 22.2 Å². The zero-order chi connectivity index (χ0) is 19.2. The van der Waals surface area contributed by atoms with E-state index in [1.807, 2.05) is 24.3 Å². The van der Waals surface area contributed by atoms with Gasteiger partial charge in [0.2, 0.25) is 0 Å². The average molecular weight is 382 g/mol. The number of benzene rings is 3. The Balaban J connectivity index is 1.59. The molecule has 0 spiro atoms. The lowest BCUT2D eigenvalue weighted by Crippen LogP contribution is -2.20. The fourth-order valence-electron chi connectivity index (χ4n) is 2.60. The number of hydrogen-bond acceptors (Lipinski definition) is 3. The third-order valence-electron chi connectivity index (χ3n) is 4.04. The lowest BCUT2D eigenvalue weighted by Gasteiger charge is -2.11. The van der Waals surface area contributed by atoms with Crippen LogP contribution in [0.15, 0.2) is 66.7 Å². The minimum Gasteiger partial charge on any atom is -0.495 e. The van der Waals surface area contributed by atoms with Crippen LogP contribution in [0.3, 0.4) is 0 Å². The van der Waals surface area contributed by atoms with E-state index in [1.54, 1.807) is 18.2 Å². The Kier molecular flexibility index (Phi) is 5.99. The molecule has 3 aromatic carbocycles. The number of rotatable bonds is 6. The number of carbonyl (C=O) groups is 1. The summed E-state index contributed by atoms with van der Waals surface area (Å²) < 4.78 is 10.8. The maximum absolute atomic E-state index is 12.2. The van der Waals surface area contributed by atoms with Crippen molar-refractivity contribution in [2.45, 2.75) is 6.92 Å². The van der Waals surface area contributed by atoms with Crippen LogP contribution in [0.5, 0.6) is 11.5 Å². The molecule has 0 atom stereocenters. The van der Waals surface area contributed by atoms with Gasteiger partial charge in [-0.2, -0.15) is 0 Å². The number of nitrogens with one attached hydrogen (secondary N) is 1. The van der Waals surface area contributed by atoms with Gasteiger partial charge in [-0.05, 0) is 48.4 Å². The molecule has 3 rings (SSSR count). The average Bonchev–Trinajstić information content (AvgIpc) is 2.68. The maximum Gasteiger partial charge on any atom is 0.262 e. The van der Waals surface area contributed by atoms with Crippen LogP contribution < -0.4 is 14.8 Å². The van der Waals surface area contributed by atoms with Crippen LogP contribution in [-0.4, -0.2) is 19.6 Å². The van der Waals surface area contributed by atoms with Crippen LogP contribution >= 0.6 is 11.6 Å². The number of ether oxygens (including phenoxy) is 2. The molecule has 0 fully saturated rings. The Morgan fingerprint density at radius 3 is 2.22 bits per heavy atom. The Bertz CT molecular complexity index is 921. The number of amides is 1. The van der Waals surface area contributed by atoms with E-state index in [2.05, 4.69) is 36.5 Å². The molecule has 3 aromatic rings. The first-order valence-corrected chi connectivity index (χ1v) is 8.86. The van der Waals surface area contributed by atoms with Crippen LogP contribution in [0.4, 0.5) is 5.69 Å². The van der Waals surface area contributed by atoms with Crippen molar-refractivity contribution in [1.29, 1.82) is 0 Å². The SMILES string of the molecule is COc1ccc(Cl)cc1NC(=O)COc1ccc(-c2ccc(C)cc2)cc1. The van der Waals surface area contributed by atoms with E-state index in [1.165, 1.54) is 12.7 Å². The van der Waals surface area contributed by atoms with Gasteiger partial charge in [0.05, 0.1) is 12.8 Å². The van der Waals surface area contributed by atoms with E-state index in [0.717, 1.165) is 11.1 Å². The van der Waals surface area contributed by atoms with Crippen molar-refractivity contribution >= 4 is 23.2 Å². The van der Waals surface area contributed by atoms with Crippen LogP contribution in [0.2, 0.25) is 5.02 Å². The molecule has 0 radical (unpaired) electrons. The Labute approximate surface area is 163 Å². The van der Waals surface area contributed by atoms with E-state index >= 15 is 0 Å². The molecule has 138 valence electrons. The van der Waals surface area contributed by atoms with Gasteiger partial charge in [-0.3, -0.25) is 4.79 Å². The van der Waals surface area contributed by atoms with Gasteiger partial charge in [-0.15, -0.1) is 0 Å². The second-order valence-corrected chi connectivity index (χ2v) is 6.51. The van der Waals surface area contributed by atoms with E-state index in [9.17, 15) is 4.79 Å². The number of methoxy groups -OCH3 is 1. The first-order valence-electron chi connectivity index (χ1n) is 8.48. The van der Waals surface area contributed by atoms with E-state index < -0.39 is 0 Å². The van der Waals surface area contributed by atoms with Crippen LogP contribution in [0.1, 0.15) is 5.56 Å². The van der Waals surface area contributed by atoms with Crippen LogP contribution in [-0.2, 0) is 4.79 Å². The molecule has 0 aliphatic heterocycles. The number of hydrogen-bond donors (Lipinski definition) is 1. The highest BCUT2D eigenvalue weighted by Crippen LogP contribution is 2.27. The first-order chi connectivity index (χ1) is 13.0. The monoisotopic (exact) mass is 381 g/mol. The molecule has 27 heavy (non-hydrogen) atoms. The summed E-state index contributed by atoms with van der Waals surface area (Å²) in [7, 11) is 1.53. The summed E-state index contributed by atoms with van der Waals surface area (Å²) in [6, 6.07) is 21.0. The zero-order valence-electron chi connectivity index (χ0n) is 15.2. The van der Waals surface area contributed by atoms with Crippen LogP contribution in [0, 0.1) is 6.92 Å². The molecule has 4 nitrogen and oxygen atoms in total. The number of anilines is 1. The summed E-state index contributed by atoms with van der Waals surface area (Å²) in [5.41, 5.74) is 3.96. The molecule has 0 bridgehead atoms. The van der Waals surface area contributed by atoms with Gasteiger partial charge >= 0.3 is 0 Å². The van der Waals surface area contributed by atoms with Gasteiger partial charge in [0, 0.05) is 5.02 Å². The molecular weight excluding hydrogens is 362 g/mol. The second kappa shape index (κ2) is 8.60. The van der Waals surface area contributed by atoms with Gasteiger partial charge < -0.3 is 14.8 Å². The number of carbonyl (C=O) groups excluding carboxylic acids is 1. The van der Waals surface area contributed by atoms with Crippen molar-refractivity contribution in [3.63, 3.8) is 0 Å². The Morgan fingerprint density at radius 1 is 0.963 bits per heavy atom. The third-order valence-corrected chi connectivity index (χ3v) is 4.28. The molecule has 0 saturated carbocycles. The molecule has 0 aliphatic carbocycles. The highest BCUT2D eigenvalue weighted by Gasteiger charge is 2.09. The van der Waals surface area contributed by atoms with Gasteiger partial charge in [0.25, 0.3) is 5.91 Å². The summed E-state index contributed by atoms with van der Waals surface area (Å²) in [5, 5.41) is 3.25. The summed E-state index contributed by atoms with van der Waals surface area (Å²) in [5.74, 6) is 0.868. The molecule has 0 heterocycles. The fourth-order valence-corrected chi connectivity index (χ4v) is 2.77. The fraction of sp³-hybridized carbons (Fsp3) is 0.136. The quantitative estimate of drug-likeness (QED) is 0.626. The van der Waals surface area contributed by atoms with Gasteiger partial charge in [-0.1, -0.05) is 53.6 Å². The molecule has 5 heteroatoms. The second-order valence-electron chi connectivity index (χ2n) is 6.07. The Hall–Kier alpha value is -2.98. The lowest BCUT2D eigenvalue weighted by atomic mass is 10.0. The summed E-state index contributed by atoms with van der Waals surface area (Å²) in [4.78, 5) is 12.2. The number of aryl methyl sites for hydroxylation is 1. The van der Waals surface area contributed by atoms with Crippen LogP contribution in [0.25, 0.3) is 11.1 Å². The topological polar surface area (TPSA) is 47.6 Å². The van der Waals surface area contributed by atoms with Crippen molar-refractivity contribution in [2.24, 2.45) is 0 Å². The molecule has 1 N–H and O–H groups in total. The minimum atomic E-state index is -0.293. The molecule has 1 amide bonds. The summed E-state index contributed by atoms with van der Waals surface area (Å²) in [6.07, 6.45) is 0. The molecule has 0 aromatic heterocycles. The van der Waals surface area contributed by atoms with E-state index in [4.69, 9.17) is 21.1 Å². The Morgan fingerprint density at radius 2 is 1.59 bits per heavy atom. The zero-order valence-corrected chi connectivity index (χ0v) is 15.9. The third kappa shape index (κ3) is 5.02. The van der Waals surface area contributed by atoms with Gasteiger partial charge in [0.15, 0.2) is 6.61 Å². The van der Waals surface area contributed by atoms with Crippen molar-refractivity contribution in [3.8, 4) is 22.6 Å². The minimum absolute atomic E-state index is 0.112. The predicted octanol–water partition coefficient (Wildman–Crippen LogP) is 5.34.